The summed E-state index contributed by atoms with van der Waals surface area (Å²) in [4.78, 5) is 11.6. The van der Waals surface area contributed by atoms with Gasteiger partial charge < -0.3 is 20.7 Å². The van der Waals surface area contributed by atoms with Crippen molar-refractivity contribution in [2.24, 2.45) is 0 Å². The molecule has 0 spiro atoms. The van der Waals surface area contributed by atoms with Gasteiger partial charge in [0.1, 0.15) is 0 Å². The molecule has 0 aliphatic carbocycles. The summed E-state index contributed by atoms with van der Waals surface area (Å²) in [6, 6.07) is 5.20. The number of nitrogen functional groups attached to an aromatic ring is 1. The van der Waals surface area contributed by atoms with Gasteiger partial charge in [0.2, 0.25) is 0 Å². The molecule has 0 fully saturated rings. The zero-order valence-corrected chi connectivity index (χ0v) is 10.9. The van der Waals surface area contributed by atoms with Crippen molar-refractivity contribution in [1.82, 2.24) is 0 Å². The minimum atomic E-state index is -0.752. The highest BCUT2D eigenvalue weighted by atomic mass is 32.2. The molecule has 5 nitrogen and oxygen atoms in total. The number of nitrogens with two attached hydrogens (primary N) is 1. The fourth-order valence-corrected chi connectivity index (χ4v) is 2.40. The first kappa shape index (κ1) is 14.8. The average Bonchev–Trinajstić information content (AvgIpc) is 2.37. The monoisotopic (exact) mass is 271 g/mol. The summed E-state index contributed by atoms with van der Waals surface area (Å²) in [5.74, 6) is 0.449. The fraction of sp³-hybridized carbons (Fsp3) is 0.417. The number of carbonyl (C=O) groups excluding carboxylic acids is 1. The topological polar surface area (TPSA) is 92.8 Å². The molecule has 0 heterocycles. The lowest BCUT2D eigenvalue weighted by molar-refractivity contribution is 0.0601. The summed E-state index contributed by atoms with van der Waals surface area (Å²) in [6.07, 6.45) is -0.752. The van der Waals surface area contributed by atoms with Crippen LogP contribution in [0.4, 0.5) is 5.69 Å². The largest absolute Gasteiger partial charge is 0.465 e. The highest BCUT2D eigenvalue weighted by molar-refractivity contribution is 7.98. The van der Waals surface area contributed by atoms with E-state index < -0.39 is 12.1 Å². The third kappa shape index (κ3) is 3.90. The van der Waals surface area contributed by atoms with Crippen molar-refractivity contribution >= 4 is 23.4 Å². The van der Waals surface area contributed by atoms with Gasteiger partial charge in [-0.1, -0.05) is 12.1 Å². The number of hydrogen-bond donors (Lipinski definition) is 3. The number of aliphatic hydroxyl groups is 2. The molecule has 0 radical (unpaired) electrons. The summed E-state index contributed by atoms with van der Waals surface area (Å²) in [7, 11) is 1.31. The van der Waals surface area contributed by atoms with Crippen molar-refractivity contribution < 1.29 is 19.7 Å². The van der Waals surface area contributed by atoms with Crippen LogP contribution in [0.5, 0.6) is 0 Å². The Labute approximate surface area is 110 Å². The third-order valence-electron chi connectivity index (χ3n) is 2.35. The zero-order chi connectivity index (χ0) is 13.5. The van der Waals surface area contributed by atoms with Crippen molar-refractivity contribution in [3.8, 4) is 0 Å². The van der Waals surface area contributed by atoms with E-state index in [1.54, 1.807) is 18.2 Å². The lowest BCUT2D eigenvalue weighted by Gasteiger charge is -2.11. The second kappa shape index (κ2) is 7.25. The summed E-state index contributed by atoms with van der Waals surface area (Å²) >= 11 is 1.42. The van der Waals surface area contributed by atoms with E-state index in [1.807, 2.05) is 0 Å². The van der Waals surface area contributed by atoms with Gasteiger partial charge in [0.15, 0.2) is 0 Å². The lowest BCUT2D eigenvalue weighted by Crippen LogP contribution is -2.15. The van der Waals surface area contributed by atoms with E-state index in [1.165, 1.54) is 18.9 Å². The predicted octanol–water partition coefficient (Wildman–Crippen LogP) is 0.642. The van der Waals surface area contributed by atoms with Crippen LogP contribution in [0.2, 0.25) is 0 Å². The quantitative estimate of drug-likeness (QED) is 0.519. The summed E-state index contributed by atoms with van der Waals surface area (Å²) < 4.78 is 4.69. The Balaban J connectivity index is 2.76. The van der Waals surface area contributed by atoms with Crippen LogP contribution in [-0.4, -0.2) is 41.8 Å². The van der Waals surface area contributed by atoms with Gasteiger partial charge in [-0.3, -0.25) is 0 Å². The second-order valence-electron chi connectivity index (χ2n) is 3.72. The molecular formula is C12H17NO4S. The van der Waals surface area contributed by atoms with E-state index >= 15 is 0 Å². The number of anilines is 1. The molecule has 0 aliphatic rings. The number of methoxy groups -OCH3 is 1. The molecule has 0 amide bonds. The highest BCUT2D eigenvalue weighted by Gasteiger charge is 2.15. The fourth-order valence-electron chi connectivity index (χ4n) is 1.45. The van der Waals surface area contributed by atoms with Crippen molar-refractivity contribution in [3.05, 3.63) is 29.3 Å². The number of rotatable bonds is 6. The Bertz CT molecular complexity index is 411. The smallest absolute Gasteiger partial charge is 0.340 e. The molecular weight excluding hydrogens is 254 g/mol. The van der Waals surface area contributed by atoms with Gasteiger partial charge in [-0.2, -0.15) is 11.8 Å². The first-order valence-electron chi connectivity index (χ1n) is 5.42. The van der Waals surface area contributed by atoms with Gasteiger partial charge in [-0.15, -0.1) is 0 Å². The van der Waals surface area contributed by atoms with Gasteiger partial charge in [-0.05, 0) is 11.6 Å². The van der Waals surface area contributed by atoms with Crippen LogP contribution in [0.3, 0.4) is 0 Å². The molecule has 1 atom stereocenters. The van der Waals surface area contributed by atoms with Gasteiger partial charge in [-0.25, -0.2) is 4.79 Å². The van der Waals surface area contributed by atoms with Crippen LogP contribution in [0.25, 0.3) is 0 Å². The first-order chi connectivity index (χ1) is 8.60. The summed E-state index contributed by atoms with van der Waals surface area (Å²) in [5, 5.41) is 17.9. The highest BCUT2D eigenvalue weighted by Crippen LogP contribution is 2.23. The molecule has 0 saturated heterocycles. The molecule has 100 valence electrons. The van der Waals surface area contributed by atoms with Crippen molar-refractivity contribution in [3.63, 3.8) is 0 Å². The van der Waals surface area contributed by atoms with Crippen molar-refractivity contribution in [2.75, 3.05) is 25.2 Å². The van der Waals surface area contributed by atoms with Crippen LogP contribution in [0.1, 0.15) is 15.9 Å². The van der Waals surface area contributed by atoms with Crippen LogP contribution in [-0.2, 0) is 10.5 Å². The maximum absolute atomic E-state index is 11.6. The van der Waals surface area contributed by atoms with E-state index in [0.717, 1.165) is 5.56 Å². The minimum Gasteiger partial charge on any atom is -0.465 e. The molecule has 18 heavy (non-hydrogen) atoms. The predicted molar refractivity (Wildman–Crippen MR) is 71.4 cm³/mol. The average molecular weight is 271 g/mol. The normalized spacial score (nSPS) is 12.2. The number of carbonyl (C=O) groups is 1. The third-order valence-corrected chi connectivity index (χ3v) is 3.49. The molecule has 1 unspecified atom stereocenters. The van der Waals surface area contributed by atoms with Gasteiger partial charge >= 0.3 is 5.97 Å². The number of esters is 1. The van der Waals surface area contributed by atoms with Crippen LogP contribution in [0, 0.1) is 0 Å². The van der Waals surface area contributed by atoms with Crippen molar-refractivity contribution in [1.29, 1.82) is 0 Å². The standard InChI is InChI=1S/C12H17NO4S/c1-17-12(16)11-8(3-2-4-10(11)13)6-18-7-9(15)5-14/h2-4,9,14-15H,5-7,13H2,1H3. The van der Waals surface area contributed by atoms with E-state index in [4.69, 9.17) is 10.8 Å². The molecule has 1 aromatic carbocycles. The van der Waals surface area contributed by atoms with Gasteiger partial charge in [0.25, 0.3) is 0 Å². The maximum atomic E-state index is 11.6. The van der Waals surface area contributed by atoms with E-state index in [0.29, 0.717) is 22.8 Å². The molecule has 0 aliphatic heterocycles. The van der Waals surface area contributed by atoms with Crippen LogP contribution >= 0.6 is 11.8 Å². The molecule has 4 N–H and O–H groups in total. The number of hydrogen-bond acceptors (Lipinski definition) is 6. The van der Waals surface area contributed by atoms with E-state index in [-0.39, 0.29) is 6.61 Å². The summed E-state index contributed by atoms with van der Waals surface area (Å²) in [5.41, 5.74) is 7.26. The molecule has 1 aromatic rings. The number of thioether (sulfide) groups is 1. The van der Waals surface area contributed by atoms with Crippen LogP contribution in [0.15, 0.2) is 18.2 Å². The number of aliphatic hydroxyl groups excluding tert-OH is 2. The Morgan fingerprint density at radius 2 is 2.28 bits per heavy atom. The lowest BCUT2D eigenvalue weighted by atomic mass is 10.1. The molecule has 0 bridgehead atoms. The van der Waals surface area contributed by atoms with E-state index in [9.17, 15) is 9.90 Å². The molecule has 1 rings (SSSR count). The molecule has 6 heteroatoms. The van der Waals surface area contributed by atoms with E-state index in [2.05, 4.69) is 4.74 Å². The SMILES string of the molecule is COC(=O)c1c(N)cccc1CSCC(O)CO. The maximum Gasteiger partial charge on any atom is 0.340 e. The van der Waals surface area contributed by atoms with Gasteiger partial charge in [0.05, 0.1) is 25.4 Å². The first-order valence-corrected chi connectivity index (χ1v) is 6.58. The number of ether oxygens (including phenoxy) is 1. The number of benzene rings is 1. The minimum absolute atomic E-state index is 0.270. The van der Waals surface area contributed by atoms with Crippen molar-refractivity contribution in [2.45, 2.75) is 11.9 Å². The second-order valence-corrected chi connectivity index (χ2v) is 4.75. The Morgan fingerprint density at radius 1 is 1.56 bits per heavy atom. The molecule has 0 aromatic heterocycles. The Kier molecular flexibility index (Phi) is 5.97. The Morgan fingerprint density at radius 3 is 2.89 bits per heavy atom. The molecule has 0 saturated carbocycles. The van der Waals surface area contributed by atoms with Crippen LogP contribution < -0.4 is 5.73 Å². The Hall–Kier alpha value is -1.24. The summed E-state index contributed by atoms with van der Waals surface area (Å²) in [6.45, 7) is -0.270. The van der Waals surface area contributed by atoms with Gasteiger partial charge in [0, 0.05) is 17.2 Å². The zero-order valence-electron chi connectivity index (χ0n) is 10.1.